The molecule has 0 bridgehead atoms. The molecule has 2 amide bonds. The van der Waals surface area contributed by atoms with E-state index in [2.05, 4.69) is 28.2 Å². The number of amides is 2. The zero-order valence-corrected chi connectivity index (χ0v) is 15.8. The molecule has 4 nitrogen and oxygen atoms in total. The second kappa shape index (κ2) is 7.83. The molecule has 1 aliphatic rings. The van der Waals surface area contributed by atoms with Crippen LogP contribution < -0.4 is 10.2 Å². The van der Waals surface area contributed by atoms with E-state index in [1.54, 1.807) is 6.07 Å². The fourth-order valence-corrected chi connectivity index (χ4v) is 3.51. The maximum Gasteiger partial charge on any atom is 0.256 e. The highest BCUT2D eigenvalue weighted by Crippen LogP contribution is 2.31. The topological polar surface area (TPSA) is 49.4 Å². The van der Waals surface area contributed by atoms with Gasteiger partial charge < -0.3 is 10.2 Å². The Kier molecular flexibility index (Phi) is 5.53. The van der Waals surface area contributed by atoms with Gasteiger partial charge in [-0.2, -0.15) is 0 Å². The van der Waals surface area contributed by atoms with Crippen molar-refractivity contribution in [3.8, 4) is 0 Å². The Morgan fingerprint density at radius 1 is 1.20 bits per heavy atom. The van der Waals surface area contributed by atoms with Gasteiger partial charge in [0.25, 0.3) is 5.91 Å². The highest BCUT2D eigenvalue weighted by molar-refractivity contribution is 9.10. The van der Waals surface area contributed by atoms with Gasteiger partial charge in [0, 0.05) is 28.8 Å². The molecule has 130 valence electrons. The first-order chi connectivity index (χ1) is 12.1. The number of nitrogens with one attached hydrogen (secondary N) is 1. The van der Waals surface area contributed by atoms with E-state index in [1.807, 2.05) is 41.3 Å². The quantitative estimate of drug-likeness (QED) is 0.784. The number of carbonyl (C=O) groups is 2. The van der Waals surface area contributed by atoms with Gasteiger partial charge in [-0.1, -0.05) is 25.5 Å². The SMILES string of the molecule is CCCCN1C(=O)CCc2cc(NC(=O)c3ccccc3Br)ccc21. The molecule has 0 unspecified atom stereocenters. The first-order valence-electron chi connectivity index (χ1n) is 8.59. The Morgan fingerprint density at radius 3 is 2.76 bits per heavy atom. The number of fused-ring (bicyclic) bond motifs is 1. The third-order valence-corrected chi connectivity index (χ3v) is 5.08. The van der Waals surface area contributed by atoms with Gasteiger partial charge in [-0.15, -0.1) is 0 Å². The summed E-state index contributed by atoms with van der Waals surface area (Å²) in [6.07, 6.45) is 3.29. The summed E-state index contributed by atoms with van der Waals surface area (Å²) in [6, 6.07) is 13.1. The fourth-order valence-electron chi connectivity index (χ4n) is 3.04. The summed E-state index contributed by atoms with van der Waals surface area (Å²) in [5.74, 6) is 0.0353. The predicted molar refractivity (Wildman–Crippen MR) is 104 cm³/mol. The maximum absolute atomic E-state index is 12.5. The van der Waals surface area contributed by atoms with E-state index in [1.165, 1.54) is 0 Å². The fraction of sp³-hybridized carbons (Fsp3) is 0.300. The van der Waals surface area contributed by atoms with Crippen molar-refractivity contribution in [1.82, 2.24) is 0 Å². The van der Waals surface area contributed by atoms with Crippen LogP contribution in [0.2, 0.25) is 0 Å². The molecule has 3 rings (SSSR count). The smallest absolute Gasteiger partial charge is 0.256 e. The minimum Gasteiger partial charge on any atom is -0.322 e. The van der Waals surface area contributed by atoms with Crippen molar-refractivity contribution in [2.24, 2.45) is 0 Å². The number of carbonyl (C=O) groups excluding carboxylic acids is 2. The highest BCUT2D eigenvalue weighted by Gasteiger charge is 2.24. The van der Waals surface area contributed by atoms with Crippen LogP contribution in [0.3, 0.4) is 0 Å². The molecule has 5 heteroatoms. The summed E-state index contributed by atoms with van der Waals surface area (Å²) < 4.78 is 0.766. The van der Waals surface area contributed by atoms with Gasteiger partial charge in [-0.25, -0.2) is 0 Å². The largest absolute Gasteiger partial charge is 0.322 e. The molecular formula is C20H21BrN2O2. The van der Waals surface area contributed by atoms with Crippen LogP contribution in [0.4, 0.5) is 11.4 Å². The van der Waals surface area contributed by atoms with Gasteiger partial charge in [0.1, 0.15) is 0 Å². The van der Waals surface area contributed by atoms with Gasteiger partial charge in [-0.3, -0.25) is 9.59 Å². The number of rotatable bonds is 5. The van der Waals surface area contributed by atoms with Crippen LogP contribution in [0, 0.1) is 0 Å². The Hall–Kier alpha value is -2.14. The number of aryl methyl sites for hydroxylation is 1. The molecule has 1 aliphatic heterocycles. The Morgan fingerprint density at radius 2 is 2.00 bits per heavy atom. The molecule has 0 saturated carbocycles. The number of nitrogens with zero attached hydrogens (tertiary/aromatic N) is 1. The normalized spacial score (nSPS) is 13.5. The molecule has 0 aromatic heterocycles. The van der Waals surface area contributed by atoms with Gasteiger partial charge in [0.2, 0.25) is 5.91 Å². The summed E-state index contributed by atoms with van der Waals surface area (Å²) in [7, 11) is 0. The lowest BCUT2D eigenvalue weighted by Gasteiger charge is -2.29. The minimum absolute atomic E-state index is 0.151. The summed E-state index contributed by atoms with van der Waals surface area (Å²) in [5, 5.41) is 2.95. The highest BCUT2D eigenvalue weighted by atomic mass is 79.9. The van der Waals surface area contributed by atoms with E-state index in [-0.39, 0.29) is 11.8 Å². The van der Waals surface area contributed by atoms with Crippen LogP contribution in [0.15, 0.2) is 46.9 Å². The summed E-state index contributed by atoms with van der Waals surface area (Å²) in [6.45, 7) is 2.88. The number of hydrogen-bond acceptors (Lipinski definition) is 2. The predicted octanol–water partition coefficient (Wildman–Crippen LogP) is 4.78. The molecule has 0 saturated heterocycles. The molecule has 25 heavy (non-hydrogen) atoms. The van der Waals surface area contributed by atoms with Crippen molar-refractivity contribution in [1.29, 1.82) is 0 Å². The zero-order valence-electron chi connectivity index (χ0n) is 14.2. The average Bonchev–Trinajstić information content (AvgIpc) is 2.61. The second-order valence-electron chi connectivity index (χ2n) is 6.18. The van der Waals surface area contributed by atoms with Gasteiger partial charge in [0.15, 0.2) is 0 Å². The molecule has 0 spiro atoms. The van der Waals surface area contributed by atoms with Crippen molar-refractivity contribution >= 4 is 39.1 Å². The second-order valence-corrected chi connectivity index (χ2v) is 7.03. The maximum atomic E-state index is 12.5. The van der Waals surface area contributed by atoms with Crippen molar-refractivity contribution in [3.05, 3.63) is 58.1 Å². The van der Waals surface area contributed by atoms with Crippen LogP contribution in [-0.4, -0.2) is 18.4 Å². The van der Waals surface area contributed by atoms with Crippen molar-refractivity contribution < 1.29 is 9.59 Å². The molecule has 0 atom stereocenters. The Bertz CT molecular complexity index is 804. The number of unbranched alkanes of at least 4 members (excludes halogenated alkanes) is 1. The number of benzene rings is 2. The minimum atomic E-state index is -0.151. The van der Waals surface area contributed by atoms with E-state index in [4.69, 9.17) is 0 Å². The van der Waals surface area contributed by atoms with E-state index in [0.717, 1.165) is 47.2 Å². The summed E-state index contributed by atoms with van der Waals surface area (Å²) >= 11 is 3.40. The van der Waals surface area contributed by atoms with Crippen LogP contribution in [-0.2, 0) is 11.2 Å². The van der Waals surface area contributed by atoms with Gasteiger partial charge in [-0.05, 0) is 64.7 Å². The Balaban J connectivity index is 1.80. The van der Waals surface area contributed by atoms with E-state index < -0.39 is 0 Å². The summed E-state index contributed by atoms with van der Waals surface area (Å²) in [5.41, 5.74) is 3.44. The van der Waals surface area contributed by atoms with E-state index >= 15 is 0 Å². The van der Waals surface area contributed by atoms with Gasteiger partial charge >= 0.3 is 0 Å². The van der Waals surface area contributed by atoms with Crippen LogP contribution in [0.25, 0.3) is 0 Å². The van der Waals surface area contributed by atoms with Crippen molar-refractivity contribution in [3.63, 3.8) is 0 Å². The molecule has 1 heterocycles. The molecule has 0 radical (unpaired) electrons. The number of anilines is 2. The summed E-state index contributed by atoms with van der Waals surface area (Å²) in [4.78, 5) is 26.5. The van der Waals surface area contributed by atoms with Crippen LogP contribution >= 0.6 is 15.9 Å². The third kappa shape index (κ3) is 3.93. The lowest BCUT2D eigenvalue weighted by molar-refractivity contribution is -0.118. The lowest BCUT2D eigenvalue weighted by atomic mass is 10.00. The van der Waals surface area contributed by atoms with Gasteiger partial charge in [0.05, 0.1) is 5.56 Å². The molecule has 2 aromatic carbocycles. The number of halogens is 1. The average molecular weight is 401 g/mol. The monoisotopic (exact) mass is 400 g/mol. The Labute approximate surface area is 156 Å². The zero-order chi connectivity index (χ0) is 17.8. The van der Waals surface area contributed by atoms with Crippen LogP contribution in [0.1, 0.15) is 42.1 Å². The lowest BCUT2D eigenvalue weighted by Crippen LogP contribution is -2.35. The first kappa shape index (κ1) is 17.7. The van der Waals surface area contributed by atoms with Crippen molar-refractivity contribution in [2.45, 2.75) is 32.6 Å². The molecular weight excluding hydrogens is 380 g/mol. The van der Waals surface area contributed by atoms with Crippen LogP contribution in [0.5, 0.6) is 0 Å². The molecule has 1 N–H and O–H groups in total. The molecule has 0 aliphatic carbocycles. The third-order valence-electron chi connectivity index (χ3n) is 4.39. The van der Waals surface area contributed by atoms with E-state index in [0.29, 0.717) is 12.0 Å². The van der Waals surface area contributed by atoms with Crippen molar-refractivity contribution in [2.75, 3.05) is 16.8 Å². The molecule has 2 aromatic rings. The number of hydrogen-bond donors (Lipinski definition) is 1. The van der Waals surface area contributed by atoms with E-state index in [9.17, 15) is 9.59 Å². The molecule has 0 fully saturated rings. The first-order valence-corrected chi connectivity index (χ1v) is 9.38. The standard InChI is InChI=1S/C20H21BrN2O2/c1-2-3-12-23-18-10-9-15(13-14(18)8-11-19(23)24)22-20(25)16-6-4-5-7-17(16)21/h4-7,9-10,13H,2-3,8,11-12H2,1H3,(H,22,25).